The Morgan fingerprint density at radius 1 is 1.16 bits per heavy atom. The van der Waals surface area contributed by atoms with Crippen molar-refractivity contribution in [3.05, 3.63) is 53.8 Å². The van der Waals surface area contributed by atoms with E-state index in [-0.39, 0.29) is 29.9 Å². The number of anilines is 2. The Kier molecular flexibility index (Phi) is 8.96. The van der Waals surface area contributed by atoms with Crippen LogP contribution in [-0.4, -0.2) is 71.9 Å². The van der Waals surface area contributed by atoms with E-state index in [9.17, 15) is 13.2 Å². The van der Waals surface area contributed by atoms with E-state index in [1.54, 1.807) is 22.9 Å². The molecule has 0 bridgehead atoms. The van der Waals surface area contributed by atoms with Crippen molar-refractivity contribution in [2.24, 2.45) is 5.92 Å². The molecule has 44 heavy (non-hydrogen) atoms. The second-order valence-electron chi connectivity index (χ2n) is 11.1. The number of halogens is 4. The largest absolute Gasteiger partial charge is 0.487 e. The van der Waals surface area contributed by atoms with Crippen molar-refractivity contribution in [1.29, 1.82) is 0 Å². The summed E-state index contributed by atoms with van der Waals surface area (Å²) in [5.41, 5.74) is 0.165. The van der Waals surface area contributed by atoms with Crippen molar-refractivity contribution in [1.82, 2.24) is 45.3 Å². The van der Waals surface area contributed by atoms with Gasteiger partial charge in [0.15, 0.2) is 5.69 Å². The third kappa shape index (κ3) is 7.11. The van der Waals surface area contributed by atoms with Gasteiger partial charge in [0.2, 0.25) is 5.95 Å². The van der Waals surface area contributed by atoms with Crippen molar-refractivity contribution in [3.63, 3.8) is 0 Å². The lowest BCUT2D eigenvalue weighted by molar-refractivity contribution is -0.141. The van der Waals surface area contributed by atoms with Crippen LogP contribution in [0.25, 0.3) is 11.1 Å². The van der Waals surface area contributed by atoms with Crippen LogP contribution in [0, 0.1) is 5.92 Å². The number of benzene rings is 1. The van der Waals surface area contributed by atoms with Gasteiger partial charge in [0.1, 0.15) is 18.2 Å². The first-order valence-corrected chi connectivity index (χ1v) is 14.9. The zero-order valence-electron chi connectivity index (χ0n) is 23.9. The minimum absolute atomic E-state index is 0.0185. The summed E-state index contributed by atoms with van der Waals surface area (Å²) in [5.74, 6) is 0.862. The predicted molar refractivity (Wildman–Crippen MR) is 155 cm³/mol. The van der Waals surface area contributed by atoms with Crippen LogP contribution < -0.4 is 15.4 Å². The Morgan fingerprint density at radius 2 is 1.95 bits per heavy atom. The number of alkyl halides is 3. The lowest BCUT2D eigenvalue weighted by Crippen LogP contribution is -2.43. The SMILES string of the molecule is CC(Cn1cnnn1)Oc1cc(-c2cnc(Nc3cn([C@H]4CC[C@H](C5CNCCO5)CC4)nc3C(F)(F)F)nc2)ccc1Cl. The molecule has 1 aromatic carbocycles. The first-order chi connectivity index (χ1) is 21.2. The summed E-state index contributed by atoms with van der Waals surface area (Å²) in [5, 5.41) is 21.5. The molecular formula is C28H32ClF3N10O2. The van der Waals surface area contributed by atoms with Gasteiger partial charge in [-0.2, -0.15) is 18.3 Å². The normalized spacial score (nSPS) is 21.6. The molecule has 234 valence electrons. The molecule has 1 saturated carbocycles. The molecule has 4 heterocycles. The van der Waals surface area contributed by atoms with E-state index in [4.69, 9.17) is 21.1 Å². The third-order valence-electron chi connectivity index (χ3n) is 7.92. The summed E-state index contributed by atoms with van der Waals surface area (Å²) in [4.78, 5) is 8.55. The number of nitrogens with zero attached hydrogens (tertiary/aromatic N) is 8. The molecule has 0 amide bonds. The van der Waals surface area contributed by atoms with Crippen molar-refractivity contribution < 1.29 is 22.6 Å². The van der Waals surface area contributed by atoms with Gasteiger partial charge in [0.05, 0.1) is 36.0 Å². The number of hydrogen-bond donors (Lipinski definition) is 2. The molecule has 1 saturated heterocycles. The van der Waals surface area contributed by atoms with Gasteiger partial charge < -0.3 is 20.1 Å². The topological polar surface area (TPSA) is 130 Å². The average Bonchev–Trinajstić information content (AvgIpc) is 3.70. The van der Waals surface area contributed by atoms with Crippen LogP contribution in [0.2, 0.25) is 5.02 Å². The molecule has 2 N–H and O–H groups in total. The van der Waals surface area contributed by atoms with E-state index in [1.807, 2.05) is 6.92 Å². The Balaban J connectivity index is 1.13. The summed E-state index contributed by atoms with van der Waals surface area (Å²) in [6.07, 6.45) is 4.39. The molecule has 1 aliphatic carbocycles. The fraction of sp³-hybridized carbons (Fsp3) is 0.500. The molecule has 2 fully saturated rings. The van der Waals surface area contributed by atoms with E-state index >= 15 is 0 Å². The Labute approximate surface area is 256 Å². The standard InChI is InChI=1S/C28H32ClF3N10O2/c1-17(14-41-16-36-39-40-41)44-24-10-19(4-7-22(24)29)20-11-34-27(35-12-20)37-23-15-42(38-26(23)28(30,31)32)21-5-2-18(3-6-21)25-13-33-8-9-43-25/h4,7,10-12,15-18,21,25,33H,2-3,5-6,8-9,13-14H2,1H3,(H,34,35,37)/t17?,18-,21-,25?. The molecule has 4 aromatic rings. The minimum Gasteiger partial charge on any atom is -0.487 e. The highest BCUT2D eigenvalue weighted by molar-refractivity contribution is 6.32. The summed E-state index contributed by atoms with van der Waals surface area (Å²) >= 11 is 6.36. The van der Waals surface area contributed by atoms with Gasteiger partial charge in [0, 0.05) is 37.2 Å². The van der Waals surface area contributed by atoms with Crippen molar-refractivity contribution >= 4 is 23.2 Å². The van der Waals surface area contributed by atoms with Crippen LogP contribution in [0.4, 0.5) is 24.8 Å². The van der Waals surface area contributed by atoms with Crippen molar-refractivity contribution in [2.45, 2.75) is 63.6 Å². The van der Waals surface area contributed by atoms with E-state index in [1.165, 1.54) is 29.6 Å². The Morgan fingerprint density at radius 3 is 2.64 bits per heavy atom. The summed E-state index contributed by atoms with van der Waals surface area (Å²) in [7, 11) is 0. The fourth-order valence-corrected chi connectivity index (χ4v) is 5.88. The maximum absolute atomic E-state index is 14.0. The van der Waals surface area contributed by atoms with Gasteiger partial charge in [-0.3, -0.25) is 4.68 Å². The number of aromatic nitrogens is 8. The monoisotopic (exact) mass is 632 g/mol. The van der Waals surface area contributed by atoms with E-state index < -0.39 is 11.9 Å². The molecule has 12 nitrogen and oxygen atoms in total. The van der Waals surface area contributed by atoms with Gasteiger partial charge >= 0.3 is 6.18 Å². The van der Waals surface area contributed by atoms with Gasteiger partial charge in [-0.05, 0) is 66.6 Å². The molecule has 3 aromatic heterocycles. The molecule has 0 spiro atoms. The van der Waals surface area contributed by atoms with Gasteiger partial charge in [-0.25, -0.2) is 14.6 Å². The quantitative estimate of drug-likeness (QED) is 0.262. The van der Waals surface area contributed by atoms with Gasteiger partial charge in [-0.15, -0.1) is 5.10 Å². The highest BCUT2D eigenvalue weighted by Gasteiger charge is 2.39. The Hall–Kier alpha value is -3.82. The molecule has 2 unspecified atom stereocenters. The molecule has 0 radical (unpaired) electrons. The van der Waals surface area contributed by atoms with Gasteiger partial charge in [0.25, 0.3) is 0 Å². The zero-order chi connectivity index (χ0) is 30.7. The fourth-order valence-electron chi connectivity index (χ4n) is 5.72. The van der Waals surface area contributed by atoms with Gasteiger partial charge in [-0.1, -0.05) is 17.7 Å². The number of tetrazole rings is 1. The second-order valence-corrected chi connectivity index (χ2v) is 11.5. The number of rotatable bonds is 9. The minimum atomic E-state index is -4.65. The predicted octanol–water partition coefficient (Wildman–Crippen LogP) is 4.93. The van der Waals surface area contributed by atoms with Crippen LogP contribution in [0.5, 0.6) is 5.75 Å². The van der Waals surface area contributed by atoms with E-state index in [2.05, 4.69) is 41.2 Å². The molecule has 2 atom stereocenters. The molecule has 16 heteroatoms. The molecular weight excluding hydrogens is 601 g/mol. The van der Waals surface area contributed by atoms with Crippen molar-refractivity contribution in [3.8, 4) is 16.9 Å². The van der Waals surface area contributed by atoms with Crippen molar-refractivity contribution in [2.75, 3.05) is 25.0 Å². The molecule has 2 aliphatic rings. The first kappa shape index (κ1) is 30.2. The summed E-state index contributed by atoms with van der Waals surface area (Å²) in [6.45, 7) is 4.64. The number of nitrogens with one attached hydrogen (secondary N) is 2. The van der Waals surface area contributed by atoms with Crippen LogP contribution in [0.3, 0.4) is 0 Å². The number of ether oxygens (including phenoxy) is 2. The molecule has 6 rings (SSSR count). The highest BCUT2D eigenvalue weighted by Crippen LogP contribution is 2.39. The van der Waals surface area contributed by atoms with Crippen LogP contribution in [0.15, 0.2) is 43.1 Å². The first-order valence-electron chi connectivity index (χ1n) is 14.5. The summed E-state index contributed by atoms with van der Waals surface area (Å²) < 4.78 is 56.8. The number of hydrogen-bond acceptors (Lipinski definition) is 10. The summed E-state index contributed by atoms with van der Waals surface area (Å²) in [6, 6.07) is 5.10. The third-order valence-corrected chi connectivity index (χ3v) is 8.24. The number of morpholine rings is 1. The Bertz CT molecular complexity index is 1520. The maximum atomic E-state index is 14.0. The lowest BCUT2D eigenvalue weighted by Gasteiger charge is -2.36. The van der Waals surface area contributed by atoms with E-state index in [0.717, 1.165) is 44.3 Å². The zero-order valence-corrected chi connectivity index (χ0v) is 24.7. The van der Waals surface area contributed by atoms with E-state index in [0.29, 0.717) is 35.4 Å². The van der Waals surface area contributed by atoms with Crippen LogP contribution in [0.1, 0.15) is 44.3 Å². The second kappa shape index (κ2) is 13.0. The average molecular weight is 633 g/mol. The smallest absolute Gasteiger partial charge is 0.437 e. The molecule has 1 aliphatic heterocycles. The van der Waals surface area contributed by atoms with Crippen LogP contribution >= 0.6 is 11.6 Å². The maximum Gasteiger partial charge on any atom is 0.437 e. The highest BCUT2D eigenvalue weighted by atomic mass is 35.5. The lowest BCUT2D eigenvalue weighted by atomic mass is 9.82. The van der Waals surface area contributed by atoms with Crippen LogP contribution in [-0.2, 0) is 17.5 Å².